The Morgan fingerprint density at radius 1 is 0.484 bits per heavy atom. The lowest BCUT2D eigenvalue weighted by atomic mass is 9.78. The van der Waals surface area contributed by atoms with Gasteiger partial charge in [-0.3, -0.25) is 4.57 Å². The molecule has 3 heterocycles. The standard InChI is InChI=1S/C57H50N4O/c1-56(2,3)44-30-31-58-55(35-44)61-52-27-16-15-26-50(52)51-29-28-48(37-53(51)61)62-49-33-42(40-18-9-6-10-19-40)32-47(36-49)59-38-54(41-20-11-7-12-21-41)60(39-59)46-25-17-24-45(34-46)57(4,5)43-22-13-8-14-23-43/h6-38H,39H2,1-5H3. The monoisotopic (exact) mass is 806 g/mol. The smallest absolute Gasteiger partial charge is 0.137 e. The molecule has 5 nitrogen and oxygen atoms in total. The number of pyridine rings is 1. The first-order valence-corrected chi connectivity index (χ1v) is 21.5. The fraction of sp³-hybridized carbons (Fsp3) is 0.140. The lowest BCUT2D eigenvalue weighted by molar-refractivity contribution is 0.483. The quantitative estimate of drug-likeness (QED) is 0.145. The van der Waals surface area contributed by atoms with E-state index in [1.165, 1.54) is 22.1 Å². The van der Waals surface area contributed by atoms with Crippen LogP contribution in [0.25, 0.3) is 44.4 Å². The van der Waals surface area contributed by atoms with Gasteiger partial charge in [-0.25, -0.2) is 4.98 Å². The molecule has 0 unspecified atom stereocenters. The highest BCUT2D eigenvalue weighted by Gasteiger charge is 2.28. The first kappa shape index (κ1) is 38.8. The molecule has 62 heavy (non-hydrogen) atoms. The molecule has 0 saturated carbocycles. The summed E-state index contributed by atoms with van der Waals surface area (Å²) in [6.45, 7) is 12.0. The van der Waals surface area contributed by atoms with Crippen LogP contribution in [0.3, 0.4) is 0 Å². The summed E-state index contributed by atoms with van der Waals surface area (Å²) in [6.07, 6.45) is 4.20. The Labute approximate surface area is 364 Å². The van der Waals surface area contributed by atoms with Crippen LogP contribution in [0.1, 0.15) is 56.9 Å². The normalized spacial score (nSPS) is 13.2. The summed E-state index contributed by atoms with van der Waals surface area (Å²) in [6, 6.07) is 67.0. The predicted molar refractivity (Wildman–Crippen MR) is 258 cm³/mol. The summed E-state index contributed by atoms with van der Waals surface area (Å²) in [5, 5.41) is 2.33. The summed E-state index contributed by atoms with van der Waals surface area (Å²) in [7, 11) is 0. The average molecular weight is 807 g/mol. The van der Waals surface area contributed by atoms with E-state index in [-0.39, 0.29) is 10.8 Å². The van der Waals surface area contributed by atoms with Crippen molar-refractivity contribution < 1.29 is 4.74 Å². The zero-order chi connectivity index (χ0) is 42.4. The van der Waals surface area contributed by atoms with E-state index in [4.69, 9.17) is 9.72 Å². The number of para-hydroxylation sites is 1. The Kier molecular flexibility index (Phi) is 9.76. The van der Waals surface area contributed by atoms with Crippen molar-refractivity contribution in [3.63, 3.8) is 0 Å². The minimum Gasteiger partial charge on any atom is -0.457 e. The van der Waals surface area contributed by atoms with Gasteiger partial charge < -0.3 is 14.5 Å². The number of nitrogens with zero attached hydrogens (tertiary/aromatic N) is 4. The van der Waals surface area contributed by atoms with Crippen molar-refractivity contribution in [1.29, 1.82) is 0 Å². The van der Waals surface area contributed by atoms with Gasteiger partial charge in [0.2, 0.25) is 0 Å². The Balaban J connectivity index is 1.06. The number of ether oxygens (including phenoxy) is 1. The number of hydrogen-bond acceptors (Lipinski definition) is 4. The molecule has 0 amide bonds. The fourth-order valence-electron chi connectivity index (χ4n) is 8.80. The van der Waals surface area contributed by atoms with Crippen LogP contribution >= 0.6 is 0 Å². The second-order valence-corrected chi connectivity index (χ2v) is 17.8. The van der Waals surface area contributed by atoms with Gasteiger partial charge in [-0.2, -0.15) is 0 Å². The molecule has 304 valence electrons. The van der Waals surface area contributed by atoms with Gasteiger partial charge in [-0.15, -0.1) is 0 Å². The molecule has 1 aliphatic heterocycles. The van der Waals surface area contributed by atoms with Gasteiger partial charge in [0, 0.05) is 52.1 Å². The van der Waals surface area contributed by atoms with Crippen LogP contribution in [0.15, 0.2) is 200 Å². The highest BCUT2D eigenvalue weighted by atomic mass is 16.5. The van der Waals surface area contributed by atoms with E-state index in [1.807, 2.05) is 6.20 Å². The number of rotatable bonds is 9. The highest BCUT2D eigenvalue weighted by Crippen LogP contribution is 2.41. The molecule has 0 N–H and O–H groups in total. The minimum absolute atomic E-state index is 0.0149. The maximum atomic E-state index is 6.94. The zero-order valence-electron chi connectivity index (χ0n) is 36.0. The van der Waals surface area contributed by atoms with Gasteiger partial charge in [0.05, 0.1) is 23.4 Å². The van der Waals surface area contributed by atoms with Crippen LogP contribution in [0.5, 0.6) is 11.5 Å². The lowest BCUT2D eigenvalue weighted by Gasteiger charge is -2.29. The van der Waals surface area contributed by atoms with Crippen LogP contribution in [0.4, 0.5) is 11.4 Å². The number of aromatic nitrogens is 2. The van der Waals surface area contributed by atoms with E-state index in [0.717, 1.165) is 67.5 Å². The van der Waals surface area contributed by atoms with Crippen molar-refractivity contribution in [1.82, 2.24) is 9.55 Å². The Morgan fingerprint density at radius 3 is 1.92 bits per heavy atom. The van der Waals surface area contributed by atoms with E-state index < -0.39 is 0 Å². The third kappa shape index (κ3) is 7.30. The molecule has 0 fully saturated rings. The molecule has 7 aromatic carbocycles. The second kappa shape index (κ2) is 15.6. The third-order valence-corrected chi connectivity index (χ3v) is 12.4. The van der Waals surface area contributed by atoms with Crippen LogP contribution in [0.2, 0.25) is 0 Å². The molecule has 1 aliphatic rings. The highest BCUT2D eigenvalue weighted by molar-refractivity contribution is 6.09. The van der Waals surface area contributed by atoms with E-state index >= 15 is 0 Å². The van der Waals surface area contributed by atoms with Gasteiger partial charge >= 0.3 is 0 Å². The molecule has 2 aromatic heterocycles. The summed E-state index contributed by atoms with van der Waals surface area (Å²) in [5.41, 5.74) is 12.4. The Bertz CT molecular complexity index is 3090. The summed E-state index contributed by atoms with van der Waals surface area (Å²) >= 11 is 0. The largest absolute Gasteiger partial charge is 0.457 e. The topological polar surface area (TPSA) is 33.5 Å². The summed E-state index contributed by atoms with van der Waals surface area (Å²) in [5.74, 6) is 2.41. The molecular formula is C57H50N4O. The number of benzene rings is 7. The zero-order valence-corrected chi connectivity index (χ0v) is 36.0. The van der Waals surface area contributed by atoms with Crippen molar-refractivity contribution in [2.24, 2.45) is 0 Å². The summed E-state index contributed by atoms with van der Waals surface area (Å²) in [4.78, 5) is 9.66. The third-order valence-electron chi connectivity index (χ3n) is 12.4. The Morgan fingerprint density at radius 2 is 1.16 bits per heavy atom. The van der Waals surface area contributed by atoms with Crippen LogP contribution in [-0.4, -0.2) is 16.2 Å². The van der Waals surface area contributed by atoms with Gasteiger partial charge in [-0.05, 0) is 93.4 Å². The molecule has 0 radical (unpaired) electrons. The molecule has 10 rings (SSSR count). The van der Waals surface area contributed by atoms with Crippen molar-refractivity contribution >= 4 is 38.9 Å². The number of fused-ring (bicyclic) bond motifs is 3. The molecular weight excluding hydrogens is 757 g/mol. The molecule has 0 bridgehead atoms. The van der Waals surface area contributed by atoms with Gasteiger partial charge in [0.15, 0.2) is 0 Å². The average Bonchev–Trinajstić information content (AvgIpc) is 3.90. The van der Waals surface area contributed by atoms with Crippen LogP contribution in [0, 0.1) is 0 Å². The molecule has 0 atom stereocenters. The maximum absolute atomic E-state index is 6.94. The van der Waals surface area contributed by atoms with Crippen molar-refractivity contribution in [3.05, 3.63) is 223 Å². The number of hydrogen-bond donors (Lipinski definition) is 0. The van der Waals surface area contributed by atoms with Crippen molar-refractivity contribution in [2.75, 3.05) is 16.5 Å². The minimum atomic E-state index is -0.173. The maximum Gasteiger partial charge on any atom is 0.137 e. The van der Waals surface area contributed by atoms with E-state index in [9.17, 15) is 0 Å². The van der Waals surface area contributed by atoms with Crippen LogP contribution < -0.4 is 14.5 Å². The van der Waals surface area contributed by atoms with Gasteiger partial charge in [0.25, 0.3) is 0 Å². The molecule has 5 heteroatoms. The molecule has 0 saturated heterocycles. The van der Waals surface area contributed by atoms with Crippen LogP contribution in [-0.2, 0) is 10.8 Å². The number of anilines is 2. The lowest BCUT2D eigenvalue weighted by Crippen LogP contribution is -2.27. The van der Waals surface area contributed by atoms with Crippen molar-refractivity contribution in [3.8, 4) is 28.4 Å². The molecule has 0 spiro atoms. The van der Waals surface area contributed by atoms with E-state index in [0.29, 0.717) is 6.67 Å². The molecule has 0 aliphatic carbocycles. The van der Waals surface area contributed by atoms with E-state index in [1.54, 1.807) is 0 Å². The SMILES string of the molecule is CC(C)(C)c1ccnc(-n2c3ccccc3c3ccc(Oc4cc(-c5ccccc5)cc(N5C=C(c6ccccc6)N(c6cccc(C(C)(C)c7ccccc7)c6)C5)c4)cc32)c1. The summed E-state index contributed by atoms with van der Waals surface area (Å²) < 4.78 is 9.20. The Hall–Kier alpha value is -7.37. The van der Waals surface area contributed by atoms with Crippen molar-refractivity contribution in [2.45, 2.75) is 45.4 Å². The van der Waals surface area contributed by atoms with E-state index in [2.05, 4.69) is 243 Å². The predicted octanol–water partition coefficient (Wildman–Crippen LogP) is 14.5. The molecule has 9 aromatic rings. The fourth-order valence-corrected chi connectivity index (χ4v) is 8.80. The van der Waals surface area contributed by atoms with Gasteiger partial charge in [-0.1, -0.05) is 156 Å². The first-order chi connectivity index (χ1) is 30.1. The van der Waals surface area contributed by atoms with Gasteiger partial charge in [0.1, 0.15) is 17.3 Å². The second-order valence-electron chi connectivity index (χ2n) is 17.8. The first-order valence-electron chi connectivity index (χ1n) is 21.5.